The van der Waals surface area contributed by atoms with E-state index in [4.69, 9.17) is 11.6 Å². The number of rotatable bonds is 3. The summed E-state index contributed by atoms with van der Waals surface area (Å²) in [4.78, 5) is 25.3. The van der Waals surface area contributed by atoms with Crippen molar-refractivity contribution in [1.29, 1.82) is 0 Å². The van der Waals surface area contributed by atoms with E-state index in [1.807, 2.05) is 6.92 Å². The molecular weight excluding hydrogens is 478 g/mol. The van der Waals surface area contributed by atoms with Gasteiger partial charge < -0.3 is 0 Å². The molecule has 0 unspecified atom stereocenters. The van der Waals surface area contributed by atoms with Gasteiger partial charge in [-0.15, -0.1) is 0 Å². The Bertz CT molecular complexity index is 1090. The van der Waals surface area contributed by atoms with Gasteiger partial charge in [-0.2, -0.15) is 0 Å². The van der Waals surface area contributed by atoms with Crippen LogP contribution in [0.1, 0.15) is 22.8 Å². The minimum absolute atomic E-state index is 0.0577. The molecular formula is C17H12Br2ClFN2O2. The van der Waals surface area contributed by atoms with Gasteiger partial charge >= 0.3 is 5.69 Å². The van der Waals surface area contributed by atoms with E-state index in [1.165, 1.54) is 16.7 Å². The first-order valence-electron chi connectivity index (χ1n) is 7.34. The third-order valence-corrected chi connectivity index (χ3v) is 5.76. The van der Waals surface area contributed by atoms with E-state index in [0.717, 1.165) is 6.07 Å². The van der Waals surface area contributed by atoms with Crippen LogP contribution in [0.4, 0.5) is 4.39 Å². The predicted octanol–water partition coefficient (Wildman–Crippen LogP) is 4.91. The second-order valence-corrected chi connectivity index (χ2v) is 7.51. The highest BCUT2D eigenvalue weighted by molar-refractivity contribution is 9.11. The molecule has 3 rings (SSSR count). The van der Waals surface area contributed by atoms with Crippen molar-refractivity contribution >= 4 is 60.3 Å². The van der Waals surface area contributed by atoms with Crippen LogP contribution in [0.5, 0.6) is 0 Å². The molecule has 0 bridgehead atoms. The van der Waals surface area contributed by atoms with Crippen LogP contribution in [-0.2, 0) is 13.6 Å². The van der Waals surface area contributed by atoms with Crippen molar-refractivity contribution in [2.75, 3.05) is 0 Å². The van der Waals surface area contributed by atoms with E-state index >= 15 is 0 Å². The van der Waals surface area contributed by atoms with Gasteiger partial charge in [-0.05, 0) is 63.0 Å². The summed E-state index contributed by atoms with van der Waals surface area (Å²) in [5.41, 5.74) is 1.44. The number of carbonyl (C=O) groups excluding carboxylic acids is 1. The van der Waals surface area contributed by atoms with Crippen LogP contribution in [0.25, 0.3) is 11.0 Å². The predicted molar refractivity (Wildman–Crippen MR) is 103 cm³/mol. The Morgan fingerprint density at radius 1 is 1.28 bits per heavy atom. The summed E-state index contributed by atoms with van der Waals surface area (Å²) < 4.78 is 17.6. The Balaban J connectivity index is 2.34. The fourth-order valence-corrected chi connectivity index (χ4v) is 4.75. The number of fused-ring (bicyclic) bond motifs is 1. The summed E-state index contributed by atoms with van der Waals surface area (Å²) >= 11 is 12.9. The molecule has 0 fully saturated rings. The van der Waals surface area contributed by atoms with Gasteiger partial charge in [-0.1, -0.05) is 11.6 Å². The molecule has 0 aliphatic rings. The maximum atomic E-state index is 13.6. The van der Waals surface area contributed by atoms with Gasteiger partial charge in [0.05, 0.1) is 26.1 Å². The molecule has 0 saturated carbocycles. The summed E-state index contributed by atoms with van der Waals surface area (Å²) in [5, 5.41) is 0.158. The van der Waals surface area contributed by atoms with Crippen molar-refractivity contribution in [3.05, 3.63) is 65.7 Å². The first-order valence-corrected chi connectivity index (χ1v) is 9.31. The molecule has 25 heavy (non-hydrogen) atoms. The van der Waals surface area contributed by atoms with Gasteiger partial charge in [-0.25, -0.2) is 9.18 Å². The molecule has 0 saturated heterocycles. The lowest BCUT2D eigenvalue weighted by molar-refractivity contribution is 0.103. The maximum Gasteiger partial charge on any atom is 0.328 e. The summed E-state index contributed by atoms with van der Waals surface area (Å²) in [7, 11) is 1.64. The fraction of sp³-hybridized carbons (Fsp3) is 0.176. The topological polar surface area (TPSA) is 44.0 Å². The van der Waals surface area contributed by atoms with E-state index in [1.54, 1.807) is 17.7 Å². The number of aryl methyl sites for hydroxylation is 2. The van der Waals surface area contributed by atoms with E-state index in [-0.39, 0.29) is 21.8 Å². The molecule has 4 nitrogen and oxygen atoms in total. The van der Waals surface area contributed by atoms with Gasteiger partial charge in [0.2, 0.25) is 0 Å². The second kappa shape index (κ2) is 6.70. The molecule has 0 aliphatic carbocycles. The van der Waals surface area contributed by atoms with Crippen molar-refractivity contribution < 1.29 is 9.18 Å². The molecule has 1 aromatic heterocycles. The van der Waals surface area contributed by atoms with Crippen LogP contribution in [-0.4, -0.2) is 14.9 Å². The average Bonchev–Trinajstić information content (AvgIpc) is 2.80. The second-order valence-electron chi connectivity index (χ2n) is 5.45. The van der Waals surface area contributed by atoms with Crippen LogP contribution < -0.4 is 5.69 Å². The van der Waals surface area contributed by atoms with Crippen LogP contribution in [0.3, 0.4) is 0 Å². The first-order chi connectivity index (χ1) is 11.8. The normalized spacial score (nSPS) is 11.3. The highest BCUT2D eigenvalue weighted by atomic mass is 79.9. The van der Waals surface area contributed by atoms with Crippen LogP contribution in [0.2, 0.25) is 5.02 Å². The molecule has 0 aliphatic heterocycles. The van der Waals surface area contributed by atoms with E-state index in [0.29, 0.717) is 26.5 Å². The van der Waals surface area contributed by atoms with E-state index in [9.17, 15) is 14.0 Å². The molecule has 0 atom stereocenters. The van der Waals surface area contributed by atoms with Crippen LogP contribution in [0, 0.1) is 5.82 Å². The summed E-state index contributed by atoms with van der Waals surface area (Å²) in [6.07, 6.45) is 0. The highest BCUT2D eigenvalue weighted by Gasteiger charge is 2.24. The number of nitrogens with zero attached hydrogens (tertiary/aromatic N) is 2. The van der Waals surface area contributed by atoms with Gasteiger partial charge in [0, 0.05) is 23.6 Å². The average molecular weight is 491 g/mol. The number of benzene rings is 2. The Morgan fingerprint density at radius 2 is 1.96 bits per heavy atom. The molecule has 0 amide bonds. The number of hydrogen-bond acceptors (Lipinski definition) is 2. The molecule has 3 aromatic rings. The largest absolute Gasteiger partial charge is 0.328 e. The summed E-state index contributed by atoms with van der Waals surface area (Å²) in [6.45, 7) is 2.37. The summed E-state index contributed by atoms with van der Waals surface area (Å²) in [6, 6.07) is 5.35. The lowest BCUT2D eigenvalue weighted by atomic mass is 10.0. The standard InChI is InChI=1S/C17H12Br2ClFN2O2/c1-3-23-12-7-10(18)13(14(19)15(12)22(2)17(23)25)16(24)9-6-8(21)4-5-11(9)20/h4-7H,3H2,1-2H3. The highest BCUT2D eigenvalue weighted by Crippen LogP contribution is 2.35. The summed E-state index contributed by atoms with van der Waals surface area (Å²) in [5.74, 6) is -0.993. The third-order valence-electron chi connectivity index (χ3n) is 4.03. The SMILES string of the molecule is CCn1c(=O)n(C)c2c(Br)c(C(=O)c3cc(F)ccc3Cl)c(Br)cc21. The van der Waals surface area contributed by atoms with Crippen molar-refractivity contribution in [1.82, 2.24) is 9.13 Å². The quantitative estimate of drug-likeness (QED) is 0.490. The van der Waals surface area contributed by atoms with Crippen molar-refractivity contribution in [3.63, 3.8) is 0 Å². The zero-order valence-corrected chi connectivity index (χ0v) is 17.2. The minimum Gasteiger partial charge on any atom is -0.294 e. The molecule has 0 spiro atoms. The van der Waals surface area contributed by atoms with Crippen molar-refractivity contribution in [2.24, 2.45) is 7.05 Å². The van der Waals surface area contributed by atoms with Crippen molar-refractivity contribution in [2.45, 2.75) is 13.5 Å². The molecule has 0 N–H and O–H groups in total. The number of carbonyl (C=O) groups is 1. The van der Waals surface area contributed by atoms with Crippen molar-refractivity contribution in [3.8, 4) is 0 Å². The minimum atomic E-state index is -0.550. The molecule has 1 heterocycles. The Labute approximate surface area is 164 Å². The fourth-order valence-electron chi connectivity index (χ4n) is 2.82. The first kappa shape index (κ1) is 18.4. The number of aromatic nitrogens is 2. The lowest BCUT2D eigenvalue weighted by Gasteiger charge is -2.11. The Kier molecular flexibility index (Phi) is 4.92. The van der Waals surface area contributed by atoms with Crippen LogP contribution >= 0.6 is 43.5 Å². The third kappa shape index (κ3) is 2.88. The number of imidazole rings is 1. The van der Waals surface area contributed by atoms with Gasteiger partial charge in [0.1, 0.15) is 5.82 Å². The smallest absolute Gasteiger partial charge is 0.294 e. The van der Waals surface area contributed by atoms with E-state index < -0.39 is 11.6 Å². The zero-order valence-electron chi connectivity index (χ0n) is 13.2. The monoisotopic (exact) mass is 488 g/mol. The Morgan fingerprint density at radius 3 is 2.60 bits per heavy atom. The number of halogens is 4. The molecule has 2 aromatic carbocycles. The molecule has 130 valence electrons. The van der Waals surface area contributed by atoms with Crippen LogP contribution in [0.15, 0.2) is 38.0 Å². The maximum absolute atomic E-state index is 13.6. The zero-order chi connectivity index (χ0) is 18.5. The van der Waals surface area contributed by atoms with Gasteiger partial charge in [-0.3, -0.25) is 13.9 Å². The molecule has 8 heteroatoms. The number of ketones is 1. The van der Waals surface area contributed by atoms with Gasteiger partial charge in [0.15, 0.2) is 5.78 Å². The molecule has 0 radical (unpaired) electrons. The lowest BCUT2D eigenvalue weighted by Crippen LogP contribution is -2.21. The number of hydrogen-bond donors (Lipinski definition) is 0. The van der Waals surface area contributed by atoms with E-state index in [2.05, 4.69) is 31.9 Å². The van der Waals surface area contributed by atoms with Gasteiger partial charge in [0.25, 0.3) is 0 Å². The Hall–Kier alpha value is -1.44.